The molecule has 1 saturated heterocycles. The van der Waals surface area contributed by atoms with Crippen LogP contribution < -0.4 is 10.6 Å². The molecule has 0 unspecified atom stereocenters. The summed E-state index contributed by atoms with van der Waals surface area (Å²) in [5.74, 6) is 0.365. The second kappa shape index (κ2) is 6.12. The largest absolute Gasteiger partial charge is 0.369 e. The maximum atomic E-state index is 12.3. The van der Waals surface area contributed by atoms with Crippen LogP contribution in [-0.2, 0) is 4.79 Å². The minimum Gasteiger partial charge on any atom is -0.369 e. The van der Waals surface area contributed by atoms with E-state index in [0.717, 1.165) is 0 Å². The number of nitrogens with zero attached hydrogens (tertiary/aromatic N) is 3. The Bertz CT molecular complexity index is 477. The number of amides is 2. The van der Waals surface area contributed by atoms with Crippen LogP contribution in [0.2, 0.25) is 0 Å². The molecule has 7 heteroatoms. The van der Waals surface area contributed by atoms with Crippen molar-refractivity contribution in [1.82, 2.24) is 20.2 Å². The third kappa shape index (κ3) is 3.40. The highest BCUT2D eigenvalue weighted by Crippen LogP contribution is 2.07. The minimum absolute atomic E-state index is 0.0252. The van der Waals surface area contributed by atoms with E-state index in [9.17, 15) is 9.59 Å². The first-order valence-corrected chi connectivity index (χ1v) is 6.32. The Kier molecular flexibility index (Phi) is 4.27. The molecule has 102 valence electrons. The standard InChI is InChI=1S/C12H17N5O2/c1-2-14-10-8-13-7-9(16-10)12(19)17-5-3-11(18)15-4-6-17/h7-8H,2-6H2,1H3,(H,14,16)(H,15,18). The van der Waals surface area contributed by atoms with Gasteiger partial charge in [0.15, 0.2) is 0 Å². The second-order valence-electron chi connectivity index (χ2n) is 4.21. The van der Waals surface area contributed by atoms with Gasteiger partial charge >= 0.3 is 0 Å². The summed E-state index contributed by atoms with van der Waals surface area (Å²) in [5, 5.41) is 5.75. The lowest BCUT2D eigenvalue weighted by Crippen LogP contribution is -2.34. The van der Waals surface area contributed by atoms with Crippen LogP contribution in [0.15, 0.2) is 12.4 Å². The van der Waals surface area contributed by atoms with Gasteiger partial charge in [0.25, 0.3) is 5.91 Å². The van der Waals surface area contributed by atoms with Crippen LogP contribution in [0.25, 0.3) is 0 Å². The topological polar surface area (TPSA) is 87.2 Å². The molecule has 0 spiro atoms. The molecule has 2 amide bonds. The van der Waals surface area contributed by atoms with Crippen molar-refractivity contribution in [1.29, 1.82) is 0 Å². The van der Waals surface area contributed by atoms with Crippen LogP contribution in [0.1, 0.15) is 23.8 Å². The minimum atomic E-state index is -0.191. The number of anilines is 1. The molecule has 1 aliphatic heterocycles. The number of carbonyl (C=O) groups is 2. The maximum Gasteiger partial charge on any atom is 0.274 e. The second-order valence-corrected chi connectivity index (χ2v) is 4.21. The van der Waals surface area contributed by atoms with Gasteiger partial charge in [0.2, 0.25) is 5.91 Å². The molecule has 1 aromatic rings. The van der Waals surface area contributed by atoms with E-state index in [2.05, 4.69) is 20.6 Å². The van der Waals surface area contributed by atoms with Crippen molar-refractivity contribution < 1.29 is 9.59 Å². The zero-order chi connectivity index (χ0) is 13.7. The summed E-state index contributed by atoms with van der Waals surface area (Å²) in [6, 6.07) is 0. The SMILES string of the molecule is CCNc1cncc(C(=O)N2CCNC(=O)CC2)n1. The lowest BCUT2D eigenvalue weighted by molar-refractivity contribution is -0.120. The van der Waals surface area contributed by atoms with Gasteiger partial charge in [0.1, 0.15) is 11.5 Å². The van der Waals surface area contributed by atoms with Crippen molar-refractivity contribution in [2.45, 2.75) is 13.3 Å². The van der Waals surface area contributed by atoms with Gasteiger partial charge in [-0.3, -0.25) is 14.6 Å². The summed E-state index contributed by atoms with van der Waals surface area (Å²) >= 11 is 0. The van der Waals surface area contributed by atoms with Crippen LogP contribution in [0.5, 0.6) is 0 Å². The number of hydrogen-bond acceptors (Lipinski definition) is 5. The van der Waals surface area contributed by atoms with Crippen LogP contribution in [0.4, 0.5) is 5.82 Å². The monoisotopic (exact) mass is 263 g/mol. The number of nitrogens with one attached hydrogen (secondary N) is 2. The Labute approximate surface area is 111 Å². The lowest BCUT2D eigenvalue weighted by Gasteiger charge is -2.18. The van der Waals surface area contributed by atoms with E-state index >= 15 is 0 Å². The smallest absolute Gasteiger partial charge is 0.274 e. The van der Waals surface area contributed by atoms with Crippen LogP contribution >= 0.6 is 0 Å². The molecular formula is C12H17N5O2. The molecule has 1 aliphatic rings. The summed E-state index contributed by atoms with van der Waals surface area (Å²) in [6.45, 7) is 4.05. The first-order valence-electron chi connectivity index (χ1n) is 6.32. The van der Waals surface area contributed by atoms with Crippen molar-refractivity contribution in [3.8, 4) is 0 Å². The summed E-state index contributed by atoms with van der Waals surface area (Å²) < 4.78 is 0. The van der Waals surface area contributed by atoms with E-state index in [1.165, 1.54) is 6.20 Å². The van der Waals surface area contributed by atoms with E-state index in [4.69, 9.17) is 0 Å². The van der Waals surface area contributed by atoms with Gasteiger partial charge in [-0.2, -0.15) is 0 Å². The predicted molar refractivity (Wildman–Crippen MR) is 69.7 cm³/mol. The molecule has 0 aromatic carbocycles. The van der Waals surface area contributed by atoms with Gasteiger partial charge in [0.05, 0.1) is 12.4 Å². The highest BCUT2D eigenvalue weighted by atomic mass is 16.2. The Hall–Kier alpha value is -2.18. The third-order valence-electron chi connectivity index (χ3n) is 2.81. The van der Waals surface area contributed by atoms with Crippen molar-refractivity contribution in [2.24, 2.45) is 0 Å². The molecule has 2 rings (SSSR count). The fraction of sp³-hybridized carbons (Fsp3) is 0.500. The molecule has 0 bridgehead atoms. The number of hydrogen-bond donors (Lipinski definition) is 2. The highest BCUT2D eigenvalue weighted by molar-refractivity contribution is 5.93. The van der Waals surface area contributed by atoms with Crippen molar-refractivity contribution in [3.05, 3.63) is 18.1 Å². The molecule has 0 saturated carbocycles. The summed E-state index contributed by atoms with van der Waals surface area (Å²) in [6.07, 6.45) is 3.35. The Morgan fingerprint density at radius 3 is 3.11 bits per heavy atom. The van der Waals surface area contributed by atoms with Crippen molar-refractivity contribution >= 4 is 17.6 Å². The predicted octanol–water partition coefficient (Wildman–Crippen LogP) is -0.130. The van der Waals surface area contributed by atoms with Crippen LogP contribution in [-0.4, -0.2) is 52.9 Å². The summed E-state index contributed by atoms with van der Waals surface area (Å²) in [7, 11) is 0. The van der Waals surface area contributed by atoms with E-state index in [-0.39, 0.29) is 11.8 Å². The van der Waals surface area contributed by atoms with Crippen molar-refractivity contribution in [3.63, 3.8) is 0 Å². The Morgan fingerprint density at radius 1 is 1.47 bits per heavy atom. The molecule has 1 aromatic heterocycles. The highest BCUT2D eigenvalue weighted by Gasteiger charge is 2.21. The first-order chi connectivity index (χ1) is 9.20. The summed E-state index contributed by atoms with van der Waals surface area (Å²) in [4.78, 5) is 33.4. The molecular weight excluding hydrogens is 246 g/mol. The molecule has 2 N–H and O–H groups in total. The molecule has 19 heavy (non-hydrogen) atoms. The zero-order valence-corrected chi connectivity index (χ0v) is 10.8. The number of aromatic nitrogens is 2. The zero-order valence-electron chi connectivity index (χ0n) is 10.8. The fourth-order valence-corrected chi connectivity index (χ4v) is 1.87. The number of carbonyl (C=O) groups excluding carboxylic acids is 2. The molecule has 1 fully saturated rings. The first kappa shape index (κ1) is 13.3. The van der Waals surface area contributed by atoms with Crippen LogP contribution in [0.3, 0.4) is 0 Å². The average molecular weight is 263 g/mol. The van der Waals surface area contributed by atoms with Gasteiger partial charge in [0, 0.05) is 32.6 Å². The summed E-state index contributed by atoms with van der Waals surface area (Å²) in [5.41, 5.74) is 0.299. The normalized spacial score (nSPS) is 15.6. The molecule has 2 heterocycles. The van der Waals surface area contributed by atoms with E-state index in [0.29, 0.717) is 44.1 Å². The Balaban J connectivity index is 2.09. The third-order valence-corrected chi connectivity index (χ3v) is 2.81. The van der Waals surface area contributed by atoms with Gasteiger partial charge in [-0.25, -0.2) is 4.98 Å². The molecule has 0 atom stereocenters. The molecule has 0 radical (unpaired) electrons. The number of rotatable bonds is 3. The van der Waals surface area contributed by atoms with Gasteiger partial charge in [-0.1, -0.05) is 0 Å². The van der Waals surface area contributed by atoms with Crippen LogP contribution in [0, 0.1) is 0 Å². The van der Waals surface area contributed by atoms with E-state index < -0.39 is 0 Å². The fourth-order valence-electron chi connectivity index (χ4n) is 1.87. The van der Waals surface area contributed by atoms with E-state index in [1.807, 2.05) is 6.92 Å². The van der Waals surface area contributed by atoms with Crippen molar-refractivity contribution in [2.75, 3.05) is 31.5 Å². The van der Waals surface area contributed by atoms with Gasteiger partial charge < -0.3 is 15.5 Å². The lowest BCUT2D eigenvalue weighted by atomic mass is 10.3. The quantitative estimate of drug-likeness (QED) is 0.793. The average Bonchev–Trinajstić information content (AvgIpc) is 2.63. The molecule has 0 aliphatic carbocycles. The van der Waals surface area contributed by atoms with Gasteiger partial charge in [-0.05, 0) is 6.92 Å². The van der Waals surface area contributed by atoms with Gasteiger partial charge in [-0.15, -0.1) is 0 Å². The molecule has 7 nitrogen and oxygen atoms in total. The van der Waals surface area contributed by atoms with E-state index in [1.54, 1.807) is 11.1 Å². The Morgan fingerprint density at radius 2 is 2.32 bits per heavy atom. The maximum absolute atomic E-state index is 12.3.